The lowest BCUT2D eigenvalue weighted by atomic mass is 10.0. The van der Waals surface area contributed by atoms with Crippen LogP contribution in [-0.2, 0) is 11.3 Å². The first-order chi connectivity index (χ1) is 11.5. The van der Waals surface area contributed by atoms with Crippen LogP contribution in [0.1, 0.15) is 36.1 Å². The molecule has 1 aliphatic heterocycles. The van der Waals surface area contributed by atoms with Crippen LogP contribution >= 0.6 is 0 Å². The molecule has 0 saturated carbocycles. The molecule has 2 unspecified atom stereocenters. The number of primary amides is 1. The Bertz CT molecular complexity index is 727. The Balaban J connectivity index is 1.85. The van der Waals surface area contributed by atoms with Gasteiger partial charge in [-0.05, 0) is 50.9 Å². The summed E-state index contributed by atoms with van der Waals surface area (Å²) in [6.45, 7) is 5.23. The van der Waals surface area contributed by atoms with Crippen LogP contribution in [0.2, 0.25) is 0 Å². The lowest BCUT2D eigenvalue weighted by Gasteiger charge is -2.31. The number of benzene rings is 1. The third-order valence-corrected chi connectivity index (χ3v) is 4.56. The van der Waals surface area contributed by atoms with Gasteiger partial charge in [-0.3, -0.25) is 9.69 Å². The van der Waals surface area contributed by atoms with E-state index < -0.39 is 11.9 Å². The van der Waals surface area contributed by atoms with E-state index in [-0.39, 0.29) is 11.9 Å². The van der Waals surface area contributed by atoms with E-state index in [2.05, 4.69) is 15.0 Å². The predicted molar refractivity (Wildman–Crippen MR) is 87.6 cm³/mol. The lowest BCUT2D eigenvalue weighted by Crippen LogP contribution is -2.42. The summed E-state index contributed by atoms with van der Waals surface area (Å²) in [6, 6.07) is 5.58. The fourth-order valence-corrected chi connectivity index (χ4v) is 3.49. The summed E-state index contributed by atoms with van der Waals surface area (Å²) in [5, 5.41) is 4.41. The van der Waals surface area contributed by atoms with Gasteiger partial charge in [-0.15, -0.1) is 0 Å². The molecule has 1 saturated heterocycles. The minimum absolute atomic E-state index is 0.146. The number of carbonyl (C=O) groups excluding carboxylic acids is 1. The number of nitrogens with zero attached hydrogens (tertiary/aromatic N) is 4. The standard InChI is InChI=1S/C17H22FN5O/c1-11-20-12(2)23(21-11)10-15-4-3-9-22(15)16(17(19)24)13-5-7-14(18)8-6-13/h5-8,15-16H,3-4,9-10H2,1-2H3,(H2,19,24). The summed E-state index contributed by atoms with van der Waals surface area (Å²) in [7, 11) is 0. The molecule has 1 amide bonds. The molecule has 2 aromatic rings. The van der Waals surface area contributed by atoms with E-state index in [1.807, 2.05) is 18.5 Å². The van der Waals surface area contributed by atoms with Crippen LogP contribution in [0.3, 0.4) is 0 Å². The van der Waals surface area contributed by atoms with Crippen LogP contribution in [0.4, 0.5) is 4.39 Å². The predicted octanol–water partition coefficient (Wildman–Crippen LogP) is 1.73. The smallest absolute Gasteiger partial charge is 0.239 e. The molecular formula is C17H22FN5O. The number of hydrogen-bond acceptors (Lipinski definition) is 4. The number of aryl methyl sites for hydroxylation is 2. The number of likely N-dealkylation sites (tertiary alicyclic amines) is 1. The first kappa shape index (κ1) is 16.6. The average Bonchev–Trinajstić information content (AvgIpc) is 3.08. The molecule has 2 atom stereocenters. The highest BCUT2D eigenvalue weighted by atomic mass is 19.1. The molecule has 7 heteroatoms. The molecule has 3 rings (SSSR count). The van der Waals surface area contributed by atoms with Gasteiger partial charge in [-0.2, -0.15) is 5.10 Å². The Morgan fingerprint density at radius 1 is 1.38 bits per heavy atom. The zero-order valence-corrected chi connectivity index (χ0v) is 13.9. The zero-order valence-electron chi connectivity index (χ0n) is 13.9. The van der Waals surface area contributed by atoms with Gasteiger partial charge in [0.15, 0.2) is 0 Å². The second-order valence-electron chi connectivity index (χ2n) is 6.28. The average molecular weight is 331 g/mol. The molecule has 0 bridgehead atoms. The third kappa shape index (κ3) is 3.31. The van der Waals surface area contributed by atoms with Crippen molar-refractivity contribution in [3.63, 3.8) is 0 Å². The molecule has 1 aromatic heterocycles. The van der Waals surface area contributed by atoms with Gasteiger partial charge >= 0.3 is 0 Å². The molecule has 24 heavy (non-hydrogen) atoms. The van der Waals surface area contributed by atoms with Gasteiger partial charge in [0.1, 0.15) is 23.5 Å². The summed E-state index contributed by atoms with van der Waals surface area (Å²) >= 11 is 0. The Hall–Kier alpha value is -2.28. The monoisotopic (exact) mass is 331 g/mol. The Morgan fingerprint density at radius 2 is 2.08 bits per heavy atom. The van der Waals surface area contributed by atoms with Crippen LogP contribution in [0.25, 0.3) is 0 Å². The number of rotatable bonds is 5. The zero-order chi connectivity index (χ0) is 17.3. The van der Waals surface area contributed by atoms with Crippen molar-refractivity contribution < 1.29 is 9.18 Å². The Kier molecular flexibility index (Phi) is 4.62. The molecule has 2 N–H and O–H groups in total. The van der Waals surface area contributed by atoms with E-state index in [4.69, 9.17) is 5.73 Å². The van der Waals surface area contributed by atoms with Crippen molar-refractivity contribution >= 4 is 5.91 Å². The number of hydrogen-bond donors (Lipinski definition) is 1. The molecule has 2 heterocycles. The fraction of sp³-hybridized carbons (Fsp3) is 0.471. The highest BCUT2D eigenvalue weighted by Gasteiger charge is 2.35. The first-order valence-corrected chi connectivity index (χ1v) is 8.14. The number of amides is 1. The minimum Gasteiger partial charge on any atom is -0.368 e. The maximum atomic E-state index is 13.2. The number of nitrogens with two attached hydrogens (primary N) is 1. The van der Waals surface area contributed by atoms with Crippen molar-refractivity contribution in [1.82, 2.24) is 19.7 Å². The summed E-state index contributed by atoms with van der Waals surface area (Å²) in [4.78, 5) is 18.5. The van der Waals surface area contributed by atoms with Crippen molar-refractivity contribution in [3.05, 3.63) is 47.3 Å². The summed E-state index contributed by atoms with van der Waals surface area (Å²) in [5.41, 5.74) is 6.39. The topological polar surface area (TPSA) is 77.0 Å². The second-order valence-corrected chi connectivity index (χ2v) is 6.28. The van der Waals surface area contributed by atoms with Crippen molar-refractivity contribution in [2.24, 2.45) is 5.73 Å². The lowest BCUT2D eigenvalue weighted by molar-refractivity contribution is -0.124. The first-order valence-electron chi connectivity index (χ1n) is 8.14. The molecule has 6 nitrogen and oxygen atoms in total. The van der Waals surface area contributed by atoms with E-state index in [9.17, 15) is 9.18 Å². The normalized spacial score (nSPS) is 19.5. The molecule has 1 aliphatic rings. The van der Waals surface area contributed by atoms with Gasteiger partial charge in [0.05, 0.1) is 6.54 Å². The number of carbonyl (C=O) groups is 1. The number of halogens is 1. The van der Waals surface area contributed by atoms with Crippen LogP contribution in [-0.4, -0.2) is 38.2 Å². The quantitative estimate of drug-likeness (QED) is 0.905. The van der Waals surface area contributed by atoms with Crippen molar-refractivity contribution in [1.29, 1.82) is 0 Å². The molecule has 0 spiro atoms. The molecule has 128 valence electrons. The van der Waals surface area contributed by atoms with Gasteiger partial charge in [-0.25, -0.2) is 14.1 Å². The molecule has 1 fully saturated rings. The van der Waals surface area contributed by atoms with E-state index in [0.29, 0.717) is 6.54 Å². The SMILES string of the molecule is Cc1nc(C)n(CC2CCCN2C(C(N)=O)c2ccc(F)cc2)n1. The van der Waals surface area contributed by atoms with E-state index in [0.717, 1.165) is 36.6 Å². The van der Waals surface area contributed by atoms with E-state index in [1.54, 1.807) is 12.1 Å². The summed E-state index contributed by atoms with van der Waals surface area (Å²) in [6.07, 6.45) is 1.95. The third-order valence-electron chi connectivity index (χ3n) is 4.56. The van der Waals surface area contributed by atoms with Crippen LogP contribution in [0, 0.1) is 19.7 Å². The van der Waals surface area contributed by atoms with Gasteiger partial charge < -0.3 is 5.73 Å². The van der Waals surface area contributed by atoms with Gasteiger partial charge in [0, 0.05) is 6.04 Å². The second kappa shape index (κ2) is 6.68. The molecule has 0 radical (unpaired) electrons. The number of aromatic nitrogens is 3. The minimum atomic E-state index is -0.553. The Morgan fingerprint density at radius 3 is 2.67 bits per heavy atom. The summed E-state index contributed by atoms with van der Waals surface area (Å²) in [5.74, 6) is 0.854. The van der Waals surface area contributed by atoms with Gasteiger partial charge in [0.2, 0.25) is 5.91 Å². The molecule has 1 aromatic carbocycles. The van der Waals surface area contributed by atoms with E-state index >= 15 is 0 Å². The van der Waals surface area contributed by atoms with Crippen molar-refractivity contribution in [2.45, 2.75) is 45.3 Å². The molecular weight excluding hydrogens is 309 g/mol. The van der Waals surface area contributed by atoms with Crippen LogP contribution < -0.4 is 5.73 Å². The summed E-state index contributed by atoms with van der Waals surface area (Å²) < 4.78 is 15.1. The highest BCUT2D eigenvalue weighted by molar-refractivity contribution is 5.81. The van der Waals surface area contributed by atoms with E-state index in [1.165, 1.54) is 12.1 Å². The maximum absolute atomic E-state index is 13.2. The van der Waals surface area contributed by atoms with Crippen molar-refractivity contribution in [3.8, 4) is 0 Å². The van der Waals surface area contributed by atoms with Gasteiger partial charge in [-0.1, -0.05) is 12.1 Å². The fourth-order valence-electron chi connectivity index (χ4n) is 3.49. The molecule has 0 aliphatic carbocycles. The van der Waals surface area contributed by atoms with Gasteiger partial charge in [0.25, 0.3) is 0 Å². The van der Waals surface area contributed by atoms with Crippen molar-refractivity contribution in [2.75, 3.05) is 6.54 Å². The Labute approximate surface area is 140 Å². The largest absolute Gasteiger partial charge is 0.368 e. The van der Waals surface area contributed by atoms with Crippen LogP contribution in [0.5, 0.6) is 0 Å². The highest BCUT2D eigenvalue weighted by Crippen LogP contribution is 2.30. The maximum Gasteiger partial charge on any atom is 0.239 e. The van der Waals surface area contributed by atoms with Crippen LogP contribution in [0.15, 0.2) is 24.3 Å².